The Hall–Kier alpha value is -2.49. The Morgan fingerprint density at radius 1 is 1.12 bits per heavy atom. The van der Waals surface area contributed by atoms with Crippen LogP contribution in [0.3, 0.4) is 0 Å². The van der Waals surface area contributed by atoms with Crippen LogP contribution in [0.5, 0.6) is 11.5 Å². The van der Waals surface area contributed by atoms with Gasteiger partial charge in [-0.05, 0) is 49.4 Å². The number of methoxy groups -OCH3 is 1. The monoisotopic (exact) mass is 325 g/mol. The van der Waals surface area contributed by atoms with Crippen LogP contribution in [0.15, 0.2) is 48.5 Å². The molecule has 0 aromatic heterocycles. The number of rotatable bonds is 5. The van der Waals surface area contributed by atoms with E-state index in [0.29, 0.717) is 11.5 Å². The molecule has 1 aliphatic carbocycles. The van der Waals surface area contributed by atoms with E-state index >= 15 is 0 Å². The number of carbonyl (C=O) groups excluding carboxylic acids is 1. The van der Waals surface area contributed by atoms with E-state index in [0.717, 1.165) is 19.3 Å². The van der Waals surface area contributed by atoms with Gasteiger partial charge in [0.15, 0.2) is 17.6 Å². The number of nitrogens with one attached hydrogen (secondary N) is 1. The van der Waals surface area contributed by atoms with Crippen molar-refractivity contribution in [2.45, 2.75) is 38.3 Å². The molecule has 2 aromatic rings. The standard InChI is InChI=1S/C20H23NO3/c1-14(24-19-13-6-5-12-18(19)23-2)20(22)21-17-11-7-9-15-8-3-4-10-16(15)17/h3-6,8,10,12-14,17H,7,9,11H2,1-2H3,(H,21,22)/t14-,17-/m1/s1. The van der Waals surface area contributed by atoms with Crippen molar-refractivity contribution in [3.05, 3.63) is 59.7 Å². The maximum absolute atomic E-state index is 12.5. The highest BCUT2D eigenvalue weighted by Crippen LogP contribution is 2.30. The van der Waals surface area contributed by atoms with Crippen LogP contribution in [0.2, 0.25) is 0 Å². The summed E-state index contributed by atoms with van der Waals surface area (Å²) in [6.45, 7) is 1.76. The number of aryl methyl sites for hydroxylation is 1. The van der Waals surface area contributed by atoms with Crippen LogP contribution in [-0.4, -0.2) is 19.1 Å². The second-order valence-corrected chi connectivity index (χ2v) is 6.06. The van der Waals surface area contributed by atoms with E-state index in [9.17, 15) is 4.79 Å². The number of ether oxygens (including phenoxy) is 2. The van der Waals surface area contributed by atoms with Gasteiger partial charge in [0.05, 0.1) is 13.2 Å². The molecule has 0 bridgehead atoms. The molecule has 0 aliphatic heterocycles. The lowest BCUT2D eigenvalue weighted by molar-refractivity contribution is -0.128. The molecule has 0 fully saturated rings. The summed E-state index contributed by atoms with van der Waals surface area (Å²) in [6.07, 6.45) is 2.54. The Labute approximate surface area is 142 Å². The van der Waals surface area contributed by atoms with Gasteiger partial charge in [-0.25, -0.2) is 0 Å². The fourth-order valence-electron chi connectivity index (χ4n) is 3.15. The summed E-state index contributed by atoms with van der Waals surface area (Å²) >= 11 is 0. The number of amides is 1. The number of benzene rings is 2. The first-order valence-corrected chi connectivity index (χ1v) is 8.37. The van der Waals surface area contributed by atoms with E-state index in [2.05, 4.69) is 23.5 Å². The third kappa shape index (κ3) is 3.53. The number of para-hydroxylation sites is 2. The van der Waals surface area contributed by atoms with Crippen LogP contribution in [0, 0.1) is 0 Å². The zero-order valence-corrected chi connectivity index (χ0v) is 14.1. The normalized spacial score (nSPS) is 17.5. The Kier molecular flexibility index (Phi) is 5.04. The van der Waals surface area contributed by atoms with Crippen molar-refractivity contribution < 1.29 is 14.3 Å². The maximum Gasteiger partial charge on any atom is 0.261 e. The zero-order chi connectivity index (χ0) is 16.9. The van der Waals surface area contributed by atoms with E-state index in [1.165, 1.54) is 11.1 Å². The molecule has 2 atom stereocenters. The topological polar surface area (TPSA) is 47.6 Å². The van der Waals surface area contributed by atoms with Gasteiger partial charge in [-0.2, -0.15) is 0 Å². The SMILES string of the molecule is COc1ccccc1O[C@H](C)C(=O)N[C@@H]1CCCc2ccccc21. The maximum atomic E-state index is 12.5. The molecule has 2 aromatic carbocycles. The minimum atomic E-state index is -0.588. The van der Waals surface area contributed by atoms with Gasteiger partial charge in [0.2, 0.25) is 0 Å². The van der Waals surface area contributed by atoms with E-state index in [1.54, 1.807) is 20.1 Å². The van der Waals surface area contributed by atoms with Gasteiger partial charge in [-0.15, -0.1) is 0 Å². The predicted molar refractivity (Wildman–Crippen MR) is 93.3 cm³/mol. The molecule has 1 amide bonds. The molecule has 24 heavy (non-hydrogen) atoms. The molecule has 0 spiro atoms. The van der Waals surface area contributed by atoms with Gasteiger partial charge >= 0.3 is 0 Å². The summed E-state index contributed by atoms with van der Waals surface area (Å²) < 4.78 is 11.1. The number of hydrogen-bond acceptors (Lipinski definition) is 3. The summed E-state index contributed by atoms with van der Waals surface area (Å²) in [6, 6.07) is 15.7. The van der Waals surface area contributed by atoms with Crippen molar-refractivity contribution >= 4 is 5.91 Å². The van der Waals surface area contributed by atoms with Crippen molar-refractivity contribution in [2.75, 3.05) is 7.11 Å². The number of hydrogen-bond donors (Lipinski definition) is 1. The summed E-state index contributed by atoms with van der Waals surface area (Å²) in [4.78, 5) is 12.5. The second kappa shape index (κ2) is 7.39. The summed E-state index contributed by atoms with van der Waals surface area (Å²) in [5.74, 6) is 1.09. The van der Waals surface area contributed by atoms with Crippen molar-refractivity contribution in [3.8, 4) is 11.5 Å². The quantitative estimate of drug-likeness (QED) is 0.913. The zero-order valence-electron chi connectivity index (χ0n) is 14.1. The third-order valence-electron chi connectivity index (χ3n) is 4.43. The van der Waals surface area contributed by atoms with Gasteiger partial charge in [0, 0.05) is 0 Å². The molecule has 0 saturated heterocycles. The molecule has 0 unspecified atom stereocenters. The van der Waals surface area contributed by atoms with E-state index in [1.807, 2.05) is 24.3 Å². The van der Waals surface area contributed by atoms with Crippen LogP contribution >= 0.6 is 0 Å². The molecule has 4 heteroatoms. The third-order valence-corrected chi connectivity index (χ3v) is 4.43. The molecule has 3 rings (SSSR count). The van der Waals surface area contributed by atoms with Crippen LogP contribution < -0.4 is 14.8 Å². The summed E-state index contributed by atoms with van der Waals surface area (Å²) in [7, 11) is 1.59. The highest BCUT2D eigenvalue weighted by atomic mass is 16.5. The first-order chi connectivity index (χ1) is 11.7. The van der Waals surface area contributed by atoms with Gasteiger partial charge in [-0.1, -0.05) is 36.4 Å². The highest BCUT2D eigenvalue weighted by Gasteiger charge is 2.24. The van der Waals surface area contributed by atoms with Crippen LogP contribution in [0.4, 0.5) is 0 Å². The lowest BCUT2D eigenvalue weighted by Gasteiger charge is -2.27. The van der Waals surface area contributed by atoms with Crippen LogP contribution in [0.25, 0.3) is 0 Å². The highest BCUT2D eigenvalue weighted by molar-refractivity contribution is 5.81. The average molecular weight is 325 g/mol. The van der Waals surface area contributed by atoms with Gasteiger partial charge < -0.3 is 14.8 Å². The smallest absolute Gasteiger partial charge is 0.261 e. The lowest BCUT2D eigenvalue weighted by atomic mass is 9.87. The molecule has 0 heterocycles. The predicted octanol–water partition coefficient (Wildman–Crippen LogP) is 3.66. The van der Waals surface area contributed by atoms with Crippen LogP contribution in [-0.2, 0) is 11.2 Å². The minimum Gasteiger partial charge on any atom is -0.493 e. The number of carbonyl (C=O) groups is 1. The lowest BCUT2D eigenvalue weighted by Crippen LogP contribution is -2.39. The Balaban J connectivity index is 1.67. The summed E-state index contributed by atoms with van der Waals surface area (Å²) in [5.41, 5.74) is 2.55. The van der Waals surface area contributed by atoms with Crippen molar-refractivity contribution in [1.29, 1.82) is 0 Å². The van der Waals surface area contributed by atoms with E-state index < -0.39 is 6.10 Å². The first-order valence-electron chi connectivity index (χ1n) is 8.37. The largest absolute Gasteiger partial charge is 0.493 e. The van der Waals surface area contributed by atoms with Gasteiger partial charge in [0.25, 0.3) is 5.91 Å². The van der Waals surface area contributed by atoms with Gasteiger partial charge in [-0.3, -0.25) is 4.79 Å². The van der Waals surface area contributed by atoms with E-state index in [4.69, 9.17) is 9.47 Å². The summed E-state index contributed by atoms with van der Waals surface area (Å²) in [5, 5.41) is 3.13. The first kappa shape index (κ1) is 16.4. The number of fused-ring (bicyclic) bond motifs is 1. The van der Waals surface area contributed by atoms with Crippen molar-refractivity contribution in [3.63, 3.8) is 0 Å². The Morgan fingerprint density at radius 3 is 2.62 bits per heavy atom. The minimum absolute atomic E-state index is 0.0613. The van der Waals surface area contributed by atoms with Crippen molar-refractivity contribution in [2.24, 2.45) is 0 Å². The van der Waals surface area contributed by atoms with E-state index in [-0.39, 0.29) is 11.9 Å². The van der Waals surface area contributed by atoms with Crippen molar-refractivity contribution in [1.82, 2.24) is 5.32 Å². The second-order valence-electron chi connectivity index (χ2n) is 6.06. The fraction of sp³-hybridized carbons (Fsp3) is 0.350. The molecule has 126 valence electrons. The molecular weight excluding hydrogens is 302 g/mol. The fourth-order valence-corrected chi connectivity index (χ4v) is 3.15. The molecular formula is C20H23NO3. The molecule has 1 N–H and O–H groups in total. The van der Waals surface area contributed by atoms with Gasteiger partial charge in [0.1, 0.15) is 0 Å². The molecule has 4 nitrogen and oxygen atoms in total. The molecule has 1 aliphatic rings. The molecule has 0 saturated carbocycles. The Morgan fingerprint density at radius 2 is 1.83 bits per heavy atom. The van der Waals surface area contributed by atoms with Crippen LogP contribution in [0.1, 0.15) is 36.9 Å². The Bertz CT molecular complexity index is 714. The molecule has 0 radical (unpaired) electrons. The average Bonchev–Trinajstić information content (AvgIpc) is 2.62.